The fraction of sp³-hybridized carbons (Fsp3) is 0.160. The predicted molar refractivity (Wildman–Crippen MR) is 117 cm³/mol. The molecule has 0 aliphatic rings. The van der Waals surface area contributed by atoms with Crippen molar-refractivity contribution in [1.82, 2.24) is 0 Å². The Morgan fingerprint density at radius 1 is 1.03 bits per heavy atom. The lowest BCUT2D eigenvalue weighted by Crippen LogP contribution is -2.03. The predicted octanol–water partition coefficient (Wildman–Crippen LogP) is 6.11. The van der Waals surface area contributed by atoms with Gasteiger partial charge in [-0.3, -0.25) is 4.79 Å². The second-order valence-electron chi connectivity index (χ2n) is 6.86. The van der Waals surface area contributed by atoms with Gasteiger partial charge in [0.1, 0.15) is 12.4 Å². The molecule has 0 aromatic heterocycles. The number of halogens is 1. The molecule has 0 aliphatic carbocycles. The number of allylic oxidation sites excluding steroid dienone is 1. The molecule has 0 unspecified atom stereocenters. The molecule has 148 valence electrons. The van der Waals surface area contributed by atoms with Crippen LogP contribution in [0.2, 0.25) is 5.02 Å². The summed E-state index contributed by atoms with van der Waals surface area (Å²) in [5, 5.41) is 9.72. The Morgan fingerprint density at radius 2 is 1.83 bits per heavy atom. The molecule has 3 nitrogen and oxygen atoms in total. The topological polar surface area (TPSA) is 46.5 Å². The first-order chi connectivity index (χ1) is 14.0. The maximum Gasteiger partial charge on any atom is 0.307 e. The van der Waals surface area contributed by atoms with E-state index in [0.29, 0.717) is 18.1 Å². The maximum atomic E-state index is 11.1. The third-order valence-corrected chi connectivity index (χ3v) is 4.85. The van der Waals surface area contributed by atoms with Crippen LogP contribution in [0.1, 0.15) is 27.8 Å². The molecule has 0 amide bonds. The van der Waals surface area contributed by atoms with E-state index in [4.69, 9.17) is 21.4 Å². The van der Waals surface area contributed by atoms with Gasteiger partial charge in [-0.1, -0.05) is 78.4 Å². The standard InChI is InChI=1S/C25H23ClO3/c1-18-7-5-10-20(25(18)29-17-19-8-3-2-4-9-19)11-6-12-21-15-23(26)14-13-22(21)16-24(27)28/h2-11,13-15H,12,16-17H2,1H3,(H,27,28)/b11-6+. The van der Waals surface area contributed by atoms with Gasteiger partial charge in [0, 0.05) is 10.6 Å². The summed E-state index contributed by atoms with van der Waals surface area (Å²) >= 11 is 6.10. The average Bonchev–Trinajstić information content (AvgIpc) is 2.70. The van der Waals surface area contributed by atoms with E-state index >= 15 is 0 Å². The van der Waals surface area contributed by atoms with Crippen molar-refractivity contribution in [2.45, 2.75) is 26.4 Å². The SMILES string of the molecule is Cc1cccc(/C=C/Cc2cc(Cl)ccc2CC(=O)O)c1OCc1ccccc1. The Bertz CT molecular complexity index is 1010. The number of carboxylic acids is 1. The third kappa shape index (κ3) is 5.97. The Hall–Kier alpha value is -3.04. The van der Waals surface area contributed by atoms with Gasteiger partial charge in [0.15, 0.2) is 0 Å². The van der Waals surface area contributed by atoms with Crippen LogP contribution in [0.25, 0.3) is 6.08 Å². The molecule has 0 spiro atoms. The van der Waals surface area contributed by atoms with E-state index in [1.807, 2.05) is 73.7 Å². The van der Waals surface area contributed by atoms with E-state index in [-0.39, 0.29) is 6.42 Å². The van der Waals surface area contributed by atoms with E-state index in [0.717, 1.165) is 33.6 Å². The molecular weight excluding hydrogens is 384 g/mol. The summed E-state index contributed by atoms with van der Waals surface area (Å²) in [5.41, 5.74) is 4.86. The highest BCUT2D eigenvalue weighted by molar-refractivity contribution is 6.30. The number of hydrogen-bond donors (Lipinski definition) is 1. The first-order valence-corrected chi connectivity index (χ1v) is 9.82. The summed E-state index contributed by atoms with van der Waals surface area (Å²) in [6, 6.07) is 21.4. The van der Waals surface area contributed by atoms with Crippen molar-refractivity contribution in [2.24, 2.45) is 0 Å². The summed E-state index contributed by atoms with van der Waals surface area (Å²) < 4.78 is 6.10. The number of aryl methyl sites for hydroxylation is 1. The molecule has 0 heterocycles. The Balaban J connectivity index is 1.77. The molecule has 0 aliphatic heterocycles. The number of aliphatic carboxylic acids is 1. The molecule has 0 saturated heterocycles. The molecule has 29 heavy (non-hydrogen) atoms. The second-order valence-corrected chi connectivity index (χ2v) is 7.29. The minimum atomic E-state index is -0.854. The smallest absolute Gasteiger partial charge is 0.307 e. The molecule has 3 aromatic rings. The van der Waals surface area contributed by atoms with Gasteiger partial charge in [0.2, 0.25) is 0 Å². The normalized spacial score (nSPS) is 11.0. The van der Waals surface area contributed by atoms with Crippen LogP contribution >= 0.6 is 11.6 Å². The fourth-order valence-corrected chi connectivity index (χ4v) is 3.36. The molecule has 0 radical (unpaired) electrons. The van der Waals surface area contributed by atoms with Crippen LogP contribution in [-0.4, -0.2) is 11.1 Å². The largest absolute Gasteiger partial charge is 0.488 e. The van der Waals surface area contributed by atoms with Crippen molar-refractivity contribution in [1.29, 1.82) is 0 Å². The summed E-state index contributed by atoms with van der Waals surface area (Å²) in [7, 11) is 0. The lowest BCUT2D eigenvalue weighted by Gasteiger charge is -2.12. The van der Waals surface area contributed by atoms with Gasteiger partial charge in [-0.2, -0.15) is 0 Å². The van der Waals surface area contributed by atoms with E-state index in [9.17, 15) is 4.79 Å². The van der Waals surface area contributed by atoms with Crippen LogP contribution in [0.3, 0.4) is 0 Å². The Labute approximate surface area is 176 Å². The number of carbonyl (C=O) groups is 1. The lowest BCUT2D eigenvalue weighted by atomic mass is 10.0. The summed E-state index contributed by atoms with van der Waals surface area (Å²) in [6.07, 6.45) is 4.60. The Kier molecular flexibility index (Phi) is 7.09. The molecule has 4 heteroatoms. The number of ether oxygens (including phenoxy) is 1. The van der Waals surface area contributed by atoms with Crippen molar-refractivity contribution >= 4 is 23.6 Å². The van der Waals surface area contributed by atoms with Gasteiger partial charge >= 0.3 is 5.97 Å². The molecule has 0 fully saturated rings. The van der Waals surface area contributed by atoms with Gasteiger partial charge < -0.3 is 9.84 Å². The van der Waals surface area contributed by atoms with E-state index < -0.39 is 5.97 Å². The zero-order valence-corrected chi connectivity index (χ0v) is 17.0. The monoisotopic (exact) mass is 406 g/mol. The number of carboxylic acid groups (broad SMARTS) is 1. The van der Waals surface area contributed by atoms with E-state index in [1.165, 1.54) is 0 Å². The van der Waals surface area contributed by atoms with E-state index in [1.54, 1.807) is 12.1 Å². The Morgan fingerprint density at radius 3 is 2.59 bits per heavy atom. The molecule has 3 aromatic carbocycles. The number of hydrogen-bond acceptors (Lipinski definition) is 2. The van der Waals surface area contributed by atoms with Crippen LogP contribution in [0, 0.1) is 6.92 Å². The summed E-state index contributed by atoms with van der Waals surface area (Å²) in [5.74, 6) is -0.00251. The van der Waals surface area contributed by atoms with Crippen molar-refractivity contribution < 1.29 is 14.6 Å². The third-order valence-electron chi connectivity index (χ3n) is 4.61. The number of benzene rings is 3. The van der Waals surface area contributed by atoms with Crippen LogP contribution in [0.15, 0.2) is 72.8 Å². The molecule has 1 N–H and O–H groups in total. The zero-order chi connectivity index (χ0) is 20.6. The summed E-state index contributed by atoms with van der Waals surface area (Å²) in [4.78, 5) is 11.1. The van der Waals surface area contributed by atoms with Crippen LogP contribution in [0.5, 0.6) is 5.75 Å². The number of rotatable bonds is 8. The van der Waals surface area contributed by atoms with Gasteiger partial charge in [-0.05, 0) is 47.7 Å². The highest BCUT2D eigenvalue weighted by Gasteiger charge is 2.08. The number of para-hydroxylation sites is 1. The quantitative estimate of drug-likeness (QED) is 0.490. The maximum absolute atomic E-state index is 11.1. The second kappa shape index (κ2) is 9.94. The molecule has 0 saturated carbocycles. The first kappa shape index (κ1) is 20.7. The van der Waals surface area contributed by atoms with Crippen LogP contribution < -0.4 is 4.74 Å². The van der Waals surface area contributed by atoms with Crippen molar-refractivity contribution in [3.63, 3.8) is 0 Å². The zero-order valence-electron chi connectivity index (χ0n) is 16.3. The van der Waals surface area contributed by atoms with Crippen molar-refractivity contribution in [2.75, 3.05) is 0 Å². The molecule has 0 atom stereocenters. The first-order valence-electron chi connectivity index (χ1n) is 9.45. The lowest BCUT2D eigenvalue weighted by molar-refractivity contribution is -0.136. The summed E-state index contributed by atoms with van der Waals surface area (Å²) in [6.45, 7) is 2.53. The molecule has 0 bridgehead atoms. The van der Waals surface area contributed by atoms with Gasteiger partial charge in [-0.25, -0.2) is 0 Å². The van der Waals surface area contributed by atoms with Crippen LogP contribution in [0.4, 0.5) is 0 Å². The minimum absolute atomic E-state index is 0.0176. The highest BCUT2D eigenvalue weighted by Crippen LogP contribution is 2.26. The molecule has 3 rings (SSSR count). The van der Waals surface area contributed by atoms with E-state index in [2.05, 4.69) is 0 Å². The highest BCUT2D eigenvalue weighted by atomic mass is 35.5. The van der Waals surface area contributed by atoms with Crippen molar-refractivity contribution in [3.8, 4) is 5.75 Å². The van der Waals surface area contributed by atoms with Crippen LogP contribution in [-0.2, 0) is 24.2 Å². The van der Waals surface area contributed by atoms with Gasteiger partial charge in [0.05, 0.1) is 6.42 Å². The van der Waals surface area contributed by atoms with Gasteiger partial charge in [0.25, 0.3) is 0 Å². The minimum Gasteiger partial charge on any atom is -0.488 e. The fourth-order valence-electron chi connectivity index (χ4n) is 3.17. The average molecular weight is 407 g/mol. The van der Waals surface area contributed by atoms with Gasteiger partial charge in [-0.15, -0.1) is 0 Å². The van der Waals surface area contributed by atoms with Crippen molar-refractivity contribution in [3.05, 3.63) is 106 Å². The molecular formula is C25H23ClO3.